The molecule has 3 rings (SSSR count). The second kappa shape index (κ2) is 9.71. The predicted molar refractivity (Wildman–Crippen MR) is 125 cm³/mol. The van der Waals surface area contributed by atoms with E-state index in [4.69, 9.17) is 11.6 Å². The first-order chi connectivity index (χ1) is 13.8. The van der Waals surface area contributed by atoms with Crippen molar-refractivity contribution in [1.29, 1.82) is 0 Å². The standard InChI is InChI=1S/C21H12Br2ClNO3S/c22-15-4-2-14(3-5-15)21(26)20(29-17-8-6-16(23)7-9-17)12-13-1-10-18(24)19(11-13)25(27)28/h1-12H. The highest BCUT2D eigenvalue weighted by Crippen LogP contribution is 2.33. The third-order valence-corrected chi connectivity index (χ3v) is 6.24. The Morgan fingerprint density at radius 1 is 0.966 bits per heavy atom. The molecular formula is C21H12Br2ClNO3S. The van der Waals surface area contributed by atoms with Crippen molar-refractivity contribution in [2.45, 2.75) is 4.90 Å². The molecule has 29 heavy (non-hydrogen) atoms. The molecule has 0 unspecified atom stereocenters. The SMILES string of the molecule is O=C(C(=Cc1ccc(Cl)c([N+](=O)[O-])c1)Sc1ccc(Br)cc1)c1ccc(Br)cc1. The van der Waals surface area contributed by atoms with Crippen molar-refractivity contribution in [2.24, 2.45) is 0 Å². The Balaban J connectivity index is 2.04. The average molecular weight is 554 g/mol. The van der Waals surface area contributed by atoms with Crippen molar-refractivity contribution in [1.82, 2.24) is 0 Å². The average Bonchev–Trinajstić information content (AvgIpc) is 2.70. The molecule has 0 heterocycles. The number of nitro groups is 1. The summed E-state index contributed by atoms with van der Waals surface area (Å²) in [5.74, 6) is -0.178. The lowest BCUT2D eigenvalue weighted by Gasteiger charge is -2.08. The molecule has 0 N–H and O–H groups in total. The molecule has 0 fully saturated rings. The summed E-state index contributed by atoms with van der Waals surface area (Å²) in [7, 11) is 0. The van der Waals surface area contributed by atoms with Gasteiger partial charge in [-0.05, 0) is 66.2 Å². The molecule has 4 nitrogen and oxygen atoms in total. The molecule has 0 atom stereocenters. The summed E-state index contributed by atoms with van der Waals surface area (Å²) in [6.45, 7) is 0. The maximum absolute atomic E-state index is 13.1. The smallest absolute Gasteiger partial charge is 0.288 e. The largest absolute Gasteiger partial charge is 0.288 e. The third-order valence-electron chi connectivity index (χ3n) is 3.84. The summed E-state index contributed by atoms with van der Waals surface area (Å²) in [4.78, 5) is 25.1. The zero-order valence-corrected chi connectivity index (χ0v) is 19.4. The molecule has 0 bridgehead atoms. The summed E-state index contributed by atoms with van der Waals surface area (Å²) in [5.41, 5.74) is 0.836. The molecule has 0 radical (unpaired) electrons. The van der Waals surface area contributed by atoms with Gasteiger partial charge >= 0.3 is 0 Å². The van der Waals surface area contributed by atoms with Gasteiger partial charge < -0.3 is 0 Å². The Morgan fingerprint density at radius 3 is 2.14 bits per heavy atom. The maximum Gasteiger partial charge on any atom is 0.288 e. The van der Waals surface area contributed by atoms with Gasteiger partial charge in [-0.3, -0.25) is 14.9 Å². The van der Waals surface area contributed by atoms with Gasteiger partial charge in [0.1, 0.15) is 5.02 Å². The summed E-state index contributed by atoms with van der Waals surface area (Å²) in [6.07, 6.45) is 1.64. The summed E-state index contributed by atoms with van der Waals surface area (Å²) in [6, 6.07) is 19.1. The van der Waals surface area contributed by atoms with Crippen molar-refractivity contribution >= 4 is 72.8 Å². The fourth-order valence-corrected chi connectivity index (χ4v) is 4.07. The van der Waals surface area contributed by atoms with Crippen LogP contribution in [0.25, 0.3) is 6.08 Å². The zero-order valence-electron chi connectivity index (χ0n) is 14.6. The fraction of sp³-hybridized carbons (Fsp3) is 0. The van der Waals surface area contributed by atoms with E-state index in [1.54, 1.807) is 36.4 Å². The summed E-state index contributed by atoms with van der Waals surface area (Å²) >= 11 is 14.0. The normalized spacial score (nSPS) is 11.3. The minimum Gasteiger partial charge on any atom is -0.288 e. The lowest BCUT2D eigenvalue weighted by atomic mass is 10.1. The molecule has 0 saturated carbocycles. The highest BCUT2D eigenvalue weighted by atomic mass is 79.9. The first-order valence-corrected chi connectivity index (χ1v) is 11.0. The Kier molecular flexibility index (Phi) is 7.29. The lowest BCUT2D eigenvalue weighted by Crippen LogP contribution is -2.01. The van der Waals surface area contributed by atoms with Crippen molar-refractivity contribution < 1.29 is 9.72 Å². The van der Waals surface area contributed by atoms with Crippen LogP contribution in [0.2, 0.25) is 5.02 Å². The molecule has 0 aliphatic carbocycles. The molecule has 0 aliphatic heterocycles. The van der Waals surface area contributed by atoms with Crippen LogP contribution in [0.4, 0.5) is 5.69 Å². The molecule has 0 amide bonds. The number of hydrogen-bond donors (Lipinski definition) is 0. The van der Waals surface area contributed by atoms with E-state index in [1.807, 2.05) is 24.3 Å². The van der Waals surface area contributed by atoms with Gasteiger partial charge in [-0.25, -0.2) is 0 Å². The van der Waals surface area contributed by atoms with Crippen LogP contribution in [0.3, 0.4) is 0 Å². The van der Waals surface area contributed by atoms with Gasteiger partial charge in [0.05, 0.1) is 9.83 Å². The van der Waals surface area contributed by atoms with Crippen LogP contribution < -0.4 is 0 Å². The van der Waals surface area contributed by atoms with E-state index in [2.05, 4.69) is 31.9 Å². The number of Topliss-reactive ketones (excluding diaryl/α,β-unsaturated/α-hetero) is 1. The molecule has 146 valence electrons. The number of allylic oxidation sites excluding steroid dienone is 1. The van der Waals surface area contributed by atoms with Gasteiger partial charge in [0.15, 0.2) is 5.78 Å². The Labute approximate surface area is 193 Å². The number of benzene rings is 3. The quantitative estimate of drug-likeness (QED) is 0.103. The van der Waals surface area contributed by atoms with Crippen LogP contribution in [0.15, 0.2) is 85.5 Å². The number of ketones is 1. The van der Waals surface area contributed by atoms with E-state index in [9.17, 15) is 14.9 Å². The molecule has 0 aromatic heterocycles. The van der Waals surface area contributed by atoms with Gasteiger partial charge in [-0.2, -0.15) is 0 Å². The number of carbonyl (C=O) groups is 1. The predicted octanol–water partition coefficient (Wildman–Crippen LogP) is 7.79. The molecule has 8 heteroatoms. The van der Waals surface area contributed by atoms with Gasteiger partial charge in [-0.1, -0.05) is 61.3 Å². The highest BCUT2D eigenvalue weighted by Gasteiger charge is 2.17. The molecular weight excluding hydrogens is 542 g/mol. The summed E-state index contributed by atoms with van der Waals surface area (Å²) in [5, 5.41) is 11.2. The van der Waals surface area contributed by atoms with E-state index in [0.29, 0.717) is 16.0 Å². The van der Waals surface area contributed by atoms with Gasteiger partial charge in [0.2, 0.25) is 0 Å². The third kappa shape index (κ3) is 5.79. The molecule has 3 aromatic rings. The Bertz CT molecular complexity index is 1100. The van der Waals surface area contributed by atoms with Gasteiger partial charge in [-0.15, -0.1) is 0 Å². The van der Waals surface area contributed by atoms with Crippen LogP contribution in [0.1, 0.15) is 15.9 Å². The van der Waals surface area contributed by atoms with Gasteiger partial charge in [0, 0.05) is 25.5 Å². The van der Waals surface area contributed by atoms with E-state index in [-0.39, 0.29) is 16.5 Å². The lowest BCUT2D eigenvalue weighted by molar-refractivity contribution is -0.384. The molecule has 0 spiro atoms. The Morgan fingerprint density at radius 2 is 1.55 bits per heavy atom. The van der Waals surface area contributed by atoms with Crippen LogP contribution in [-0.2, 0) is 0 Å². The van der Waals surface area contributed by atoms with Crippen molar-refractivity contribution in [3.63, 3.8) is 0 Å². The number of nitrogens with zero attached hydrogens (tertiary/aromatic N) is 1. The minimum absolute atomic E-state index is 0.0495. The second-order valence-corrected chi connectivity index (χ2v) is 9.22. The minimum atomic E-state index is -0.544. The molecule has 0 saturated heterocycles. The van der Waals surface area contributed by atoms with Crippen LogP contribution in [-0.4, -0.2) is 10.7 Å². The van der Waals surface area contributed by atoms with Crippen molar-refractivity contribution in [3.8, 4) is 0 Å². The number of thioether (sulfide) groups is 1. The topological polar surface area (TPSA) is 60.2 Å². The first-order valence-electron chi connectivity index (χ1n) is 8.23. The number of carbonyl (C=O) groups excluding carboxylic acids is 1. The number of rotatable bonds is 6. The van der Waals surface area contributed by atoms with E-state index >= 15 is 0 Å². The zero-order chi connectivity index (χ0) is 21.0. The van der Waals surface area contributed by atoms with Gasteiger partial charge in [0.25, 0.3) is 5.69 Å². The number of hydrogen-bond acceptors (Lipinski definition) is 4. The van der Waals surface area contributed by atoms with E-state index in [0.717, 1.165) is 13.8 Å². The van der Waals surface area contributed by atoms with Crippen molar-refractivity contribution in [3.05, 3.63) is 107 Å². The molecule has 0 aliphatic rings. The second-order valence-electron chi connectivity index (χ2n) is 5.87. The number of nitro benzene ring substituents is 1. The Hall–Kier alpha value is -1.93. The first kappa shape index (κ1) is 21.8. The van der Waals surface area contributed by atoms with E-state index in [1.165, 1.54) is 23.9 Å². The van der Waals surface area contributed by atoms with Crippen molar-refractivity contribution in [2.75, 3.05) is 0 Å². The van der Waals surface area contributed by atoms with E-state index < -0.39 is 4.92 Å². The monoisotopic (exact) mass is 551 g/mol. The maximum atomic E-state index is 13.1. The summed E-state index contributed by atoms with van der Waals surface area (Å²) < 4.78 is 1.80. The van der Waals surface area contributed by atoms with Crippen LogP contribution >= 0.6 is 55.2 Å². The fourth-order valence-electron chi connectivity index (χ4n) is 2.43. The van der Waals surface area contributed by atoms with Crippen LogP contribution in [0, 0.1) is 10.1 Å². The van der Waals surface area contributed by atoms with Crippen LogP contribution in [0.5, 0.6) is 0 Å². The number of halogens is 3. The molecule has 3 aromatic carbocycles. The highest BCUT2D eigenvalue weighted by molar-refractivity contribution is 9.10.